The molecule has 20 heavy (non-hydrogen) atoms. The Hall–Kier alpha value is -2.12. The van der Waals surface area contributed by atoms with Gasteiger partial charge in [-0.2, -0.15) is 13.2 Å². The van der Waals surface area contributed by atoms with Gasteiger partial charge in [-0.3, -0.25) is 9.78 Å². The highest BCUT2D eigenvalue weighted by molar-refractivity contribution is 5.95. The van der Waals surface area contributed by atoms with E-state index in [1.807, 2.05) is 0 Å². The first-order valence-electron chi connectivity index (χ1n) is 5.76. The molecule has 0 aliphatic carbocycles. The highest BCUT2D eigenvalue weighted by Gasteiger charge is 2.31. The smallest absolute Gasteiger partial charge is 0.417 e. The Bertz CT molecular complexity index is 486. The van der Waals surface area contributed by atoms with Crippen molar-refractivity contribution in [2.75, 3.05) is 6.61 Å². The van der Waals surface area contributed by atoms with Gasteiger partial charge in [-0.15, -0.1) is 0 Å². The second-order valence-electron chi connectivity index (χ2n) is 3.88. The lowest BCUT2D eigenvalue weighted by atomic mass is 10.2. The van der Waals surface area contributed by atoms with Crippen LogP contribution >= 0.6 is 0 Å². The van der Waals surface area contributed by atoms with Gasteiger partial charge in [0.05, 0.1) is 12.2 Å². The van der Waals surface area contributed by atoms with Crippen molar-refractivity contribution in [2.45, 2.75) is 26.1 Å². The van der Waals surface area contributed by atoms with Crippen molar-refractivity contribution in [3.63, 3.8) is 0 Å². The number of amides is 1. The monoisotopic (exact) mass is 290 g/mol. The Kier molecular flexibility index (Phi) is 5.06. The number of pyridine rings is 1. The van der Waals surface area contributed by atoms with Crippen LogP contribution in [-0.2, 0) is 15.7 Å². The molecule has 0 fully saturated rings. The summed E-state index contributed by atoms with van der Waals surface area (Å²) in [6, 6.07) is 0.777. The molecule has 0 aromatic carbocycles. The summed E-state index contributed by atoms with van der Waals surface area (Å²) in [5.41, 5.74) is -1.17. The molecule has 1 amide bonds. The summed E-state index contributed by atoms with van der Waals surface area (Å²) in [5.74, 6) is -1.38. The number of carbonyl (C=O) groups excluding carboxylic acids is 2. The summed E-state index contributed by atoms with van der Waals surface area (Å²) in [5, 5.41) is 2.28. The van der Waals surface area contributed by atoms with Gasteiger partial charge in [-0.1, -0.05) is 0 Å². The van der Waals surface area contributed by atoms with E-state index >= 15 is 0 Å². The van der Waals surface area contributed by atoms with E-state index in [0.717, 1.165) is 12.1 Å². The van der Waals surface area contributed by atoms with E-state index in [1.54, 1.807) is 6.92 Å². The van der Waals surface area contributed by atoms with Crippen molar-refractivity contribution in [1.82, 2.24) is 10.3 Å². The Morgan fingerprint density at radius 1 is 1.40 bits per heavy atom. The van der Waals surface area contributed by atoms with Crippen LogP contribution < -0.4 is 5.32 Å². The number of aromatic nitrogens is 1. The van der Waals surface area contributed by atoms with Crippen LogP contribution in [0.25, 0.3) is 0 Å². The van der Waals surface area contributed by atoms with Gasteiger partial charge in [0.15, 0.2) is 0 Å². The van der Waals surface area contributed by atoms with Gasteiger partial charge in [0.2, 0.25) is 0 Å². The maximum absolute atomic E-state index is 12.3. The molecule has 1 atom stereocenters. The summed E-state index contributed by atoms with van der Waals surface area (Å²) >= 11 is 0. The minimum Gasteiger partial charge on any atom is -0.464 e. The molecular weight excluding hydrogens is 277 g/mol. The topological polar surface area (TPSA) is 68.3 Å². The third-order valence-corrected chi connectivity index (χ3v) is 2.31. The Balaban J connectivity index is 2.71. The van der Waals surface area contributed by atoms with E-state index in [1.165, 1.54) is 6.92 Å². The van der Waals surface area contributed by atoms with Gasteiger partial charge >= 0.3 is 12.1 Å². The van der Waals surface area contributed by atoms with Gasteiger partial charge in [-0.25, -0.2) is 4.79 Å². The molecule has 1 rings (SSSR count). The fraction of sp³-hybridized carbons (Fsp3) is 0.417. The maximum Gasteiger partial charge on any atom is 0.417 e. The molecule has 5 nitrogen and oxygen atoms in total. The molecule has 0 saturated heterocycles. The van der Waals surface area contributed by atoms with Crippen molar-refractivity contribution in [3.05, 3.63) is 29.6 Å². The average molecular weight is 290 g/mol. The van der Waals surface area contributed by atoms with Crippen LogP contribution in [0.4, 0.5) is 13.2 Å². The maximum atomic E-state index is 12.3. The zero-order valence-electron chi connectivity index (χ0n) is 10.8. The minimum atomic E-state index is -4.51. The lowest BCUT2D eigenvalue weighted by Crippen LogP contribution is -2.39. The van der Waals surface area contributed by atoms with E-state index in [-0.39, 0.29) is 12.3 Å². The van der Waals surface area contributed by atoms with Gasteiger partial charge in [0, 0.05) is 6.20 Å². The number of halogens is 3. The molecular formula is C12H13F3N2O3. The van der Waals surface area contributed by atoms with E-state index in [9.17, 15) is 22.8 Å². The first kappa shape index (κ1) is 15.9. The second-order valence-corrected chi connectivity index (χ2v) is 3.88. The van der Waals surface area contributed by atoms with Gasteiger partial charge in [0.1, 0.15) is 11.7 Å². The van der Waals surface area contributed by atoms with E-state index in [4.69, 9.17) is 0 Å². The molecule has 0 spiro atoms. The number of rotatable bonds is 4. The second kappa shape index (κ2) is 6.36. The summed E-state index contributed by atoms with van der Waals surface area (Å²) in [6.07, 6.45) is -3.95. The minimum absolute atomic E-state index is 0.164. The van der Waals surface area contributed by atoms with E-state index < -0.39 is 29.7 Å². The standard InChI is InChI=1S/C12H13F3N2O3/c1-3-20-11(19)7(2)17-10(18)9-5-4-8(6-16-9)12(13,14)15/h4-7H,3H2,1-2H3,(H,17,18). The first-order chi connectivity index (χ1) is 9.25. The lowest BCUT2D eigenvalue weighted by Gasteiger charge is -2.12. The van der Waals surface area contributed by atoms with Crippen LogP contribution in [-0.4, -0.2) is 29.5 Å². The molecule has 110 valence electrons. The highest BCUT2D eigenvalue weighted by atomic mass is 19.4. The number of nitrogens with zero attached hydrogens (tertiary/aromatic N) is 1. The number of alkyl halides is 3. The van der Waals surface area contributed by atoms with Crippen LogP contribution in [0.3, 0.4) is 0 Å². The Morgan fingerprint density at radius 3 is 2.50 bits per heavy atom. The third-order valence-electron chi connectivity index (χ3n) is 2.31. The Morgan fingerprint density at radius 2 is 2.05 bits per heavy atom. The fourth-order valence-corrected chi connectivity index (χ4v) is 1.29. The van der Waals surface area contributed by atoms with Gasteiger partial charge in [-0.05, 0) is 26.0 Å². The molecule has 1 unspecified atom stereocenters. The van der Waals surface area contributed by atoms with Crippen LogP contribution in [0.15, 0.2) is 18.3 Å². The van der Waals surface area contributed by atoms with Crippen LogP contribution in [0.5, 0.6) is 0 Å². The van der Waals surface area contributed by atoms with E-state index in [2.05, 4.69) is 15.0 Å². The van der Waals surface area contributed by atoms with Gasteiger partial charge < -0.3 is 10.1 Å². The summed E-state index contributed by atoms with van der Waals surface area (Å²) in [6.45, 7) is 3.18. The van der Waals surface area contributed by atoms with Crippen molar-refractivity contribution in [1.29, 1.82) is 0 Å². The highest BCUT2D eigenvalue weighted by Crippen LogP contribution is 2.28. The van der Waals surface area contributed by atoms with Crippen molar-refractivity contribution < 1.29 is 27.5 Å². The molecule has 8 heteroatoms. The zero-order valence-corrected chi connectivity index (χ0v) is 10.8. The van der Waals surface area contributed by atoms with E-state index in [0.29, 0.717) is 6.20 Å². The van der Waals surface area contributed by atoms with Crippen LogP contribution in [0.1, 0.15) is 29.9 Å². The van der Waals surface area contributed by atoms with Crippen molar-refractivity contribution >= 4 is 11.9 Å². The Labute approximate surface area is 113 Å². The predicted octanol–water partition coefficient (Wildman–Crippen LogP) is 1.78. The molecule has 0 radical (unpaired) electrons. The van der Waals surface area contributed by atoms with Crippen molar-refractivity contribution in [3.8, 4) is 0 Å². The largest absolute Gasteiger partial charge is 0.464 e. The molecule has 1 heterocycles. The van der Waals surface area contributed by atoms with Crippen molar-refractivity contribution in [2.24, 2.45) is 0 Å². The first-order valence-corrected chi connectivity index (χ1v) is 5.76. The number of hydrogen-bond acceptors (Lipinski definition) is 4. The number of ether oxygens (including phenoxy) is 1. The number of nitrogens with one attached hydrogen (secondary N) is 1. The molecule has 0 aliphatic heterocycles. The molecule has 0 aliphatic rings. The SMILES string of the molecule is CCOC(=O)C(C)NC(=O)c1ccc(C(F)(F)F)cn1. The van der Waals surface area contributed by atoms with Crippen LogP contribution in [0.2, 0.25) is 0 Å². The number of carbonyl (C=O) groups is 2. The quantitative estimate of drug-likeness (QED) is 0.858. The fourth-order valence-electron chi connectivity index (χ4n) is 1.29. The van der Waals surface area contributed by atoms with Crippen LogP contribution in [0, 0.1) is 0 Å². The third kappa shape index (κ3) is 4.22. The lowest BCUT2D eigenvalue weighted by molar-refractivity contribution is -0.144. The molecule has 1 N–H and O–H groups in total. The molecule has 1 aromatic heterocycles. The predicted molar refractivity (Wildman–Crippen MR) is 62.8 cm³/mol. The number of hydrogen-bond donors (Lipinski definition) is 1. The molecule has 1 aromatic rings. The molecule has 0 saturated carbocycles. The molecule has 0 bridgehead atoms. The summed E-state index contributed by atoms with van der Waals surface area (Å²) < 4.78 is 41.6. The average Bonchev–Trinajstić information content (AvgIpc) is 2.38. The normalized spacial score (nSPS) is 12.7. The zero-order chi connectivity index (χ0) is 15.3. The summed E-state index contributed by atoms with van der Waals surface area (Å²) in [7, 11) is 0. The van der Waals surface area contributed by atoms with Gasteiger partial charge in [0.25, 0.3) is 5.91 Å². The number of esters is 1. The summed E-state index contributed by atoms with van der Waals surface area (Å²) in [4.78, 5) is 26.4.